The molecule has 11 heteroatoms. The predicted octanol–water partition coefficient (Wildman–Crippen LogP) is 23.3. The Kier molecular flexibility index (Phi) is 16.8. The van der Waals surface area contributed by atoms with Crippen LogP contribution in [0, 0.1) is 0 Å². The number of para-hydroxylation sites is 7. The zero-order chi connectivity index (χ0) is 68.0. The summed E-state index contributed by atoms with van der Waals surface area (Å²) >= 11 is 0. The van der Waals surface area contributed by atoms with Crippen molar-refractivity contribution >= 4 is 142 Å². The van der Waals surface area contributed by atoms with Crippen molar-refractivity contribution < 1.29 is 8.83 Å². The number of nitrogens with zero attached hydrogens (tertiary/aromatic N) is 9. The third-order valence-electron chi connectivity index (χ3n) is 18.3. The van der Waals surface area contributed by atoms with Crippen molar-refractivity contribution in [1.82, 2.24) is 44.0 Å². The Morgan fingerprint density at radius 3 is 1.23 bits per heavy atom. The van der Waals surface area contributed by atoms with E-state index in [9.17, 15) is 0 Å². The molecule has 14 aromatic carbocycles. The largest absolute Gasteiger partial charge is 0.443 e. The van der Waals surface area contributed by atoms with Gasteiger partial charge in [-0.1, -0.05) is 249 Å². The van der Waals surface area contributed by atoms with Crippen LogP contribution in [0.3, 0.4) is 0 Å². The molecule has 0 aliphatic heterocycles. The first kappa shape index (κ1) is 61.6. The topological polar surface area (TPSA) is 126 Å². The summed E-state index contributed by atoms with van der Waals surface area (Å²) < 4.78 is 15.4. The van der Waals surface area contributed by atoms with Crippen molar-refractivity contribution in [3.8, 4) is 22.8 Å². The Hall–Kier alpha value is -14.0. The van der Waals surface area contributed by atoms with Gasteiger partial charge >= 0.3 is 0 Å². The quantitative estimate of drug-likeness (QED) is 0.159. The van der Waals surface area contributed by atoms with Crippen molar-refractivity contribution in [1.29, 1.82) is 0 Å². The summed E-state index contributed by atoms with van der Waals surface area (Å²) in [4.78, 5) is 31.2. The Labute approximate surface area is 585 Å². The molecule has 22 aromatic rings. The first-order valence-corrected chi connectivity index (χ1v) is 33.7. The molecule has 0 unspecified atom stereocenters. The molecule has 0 bridgehead atoms. The lowest BCUT2D eigenvalue weighted by atomic mass is 9.97. The van der Waals surface area contributed by atoms with Gasteiger partial charge < -0.3 is 8.83 Å². The minimum absolute atomic E-state index is 0.712. The highest BCUT2D eigenvalue weighted by molar-refractivity contribution is 6.25. The minimum atomic E-state index is 0.712. The van der Waals surface area contributed by atoms with Crippen LogP contribution < -0.4 is 0 Å². The number of aromatic nitrogens is 9. The molecule has 8 aromatic heterocycles. The highest BCUT2D eigenvalue weighted by Gasteiger charge is 2.16. The zero-order valence-electron chi connectivity index (χ0n) is 55.1. The van der Waals surface area contributed by atoms with E-state index in [1.807, 2.05) is 158 Å². The molecule has 482 valence electrons. The van der Waals surface area contributed by atoms with Crippen molar-refractivity contribution in [3.63, 3.8) is 0 Å². The number of imidazole rings is 2. The van der Waals surface area contributed by atoms with E-state index in [0.717, 1.165) is 99.6 Å². The van der Waals surface area contributed by atoms with Gasteiger partial charge in [0.2, 0.25) is 5.71 Å². The SMILES string of the molecule is c1ccc(-c2nc3ccccc3n2-c2ccccc2)cc1.c1ccc(-n2cnc3ccccc32)cc1.c1ccc2c(c1)c1ccccc1c1ncccc21.c1ccc2c(c1)c1ccccc1c1ocnc21.c1ccc2c(c1)c1cccnc1c1ncccc21.c1ccc2c(c1)oc1ncccc12. The second kappa shape index (κ2) is 27.8. The minimum Gasteiger partial charge on any atom is -0.443 e. The number of oxazole rings is 1. The number of furan rings is 1. The molecule has 11 nitrogen and oxygen atoms in total. The Balaban J connectivity index is 0.0000000915. The Bertz CT molecular complexity index is 6020. The van der Waals surface area contributed by atoms with Crippen LogP contribution in [0.25, 0.3) is 165 Å². The number of rotatable bonds is 3. The lowest BCUT2D eigenvalue weighted by Crippen LogP contribution is -1.96. The van der Waals surface area contributed by atoms with E-state index < -0.39 is 0 Å². The molecular weight excluding hydrogens is 1250 g/mol. The molecular formula is C91H61N9O2. The van der Waals surface area contributed by atoms with E-state index in [4.69, 9.17) is 13.8 Å². The first-order chi connectivity index (χ1) is 50.7. The van der Waals surface area contributed by atoms with Crippen LogP contribution in [0.1, 0.15) is 0 Å². The summed E-state index contributed by atoms with van der Waals surface area (Å²) in [6.07, 6.45) is 10.6. The van der Waals surface area contributed by atoms with Gasteiger partial charge in [0.1, 0.15) is 23.3 Å². The molecule has 0 saturated carbocycles. The lowest BCUT2D eigenvalue weighted by Gasteiger charge is -2.09. The van der Waals surface area contributed by atoms with Crippen molar-refractivity contribution in [3.05, 3.63) is 371 Å². The van der Waals surface area contributed by atoms with Crippen molar-refractivity contribution in [2.45, 2.75) is 0 Å². The normalized spacial score (nSPS) is 11.1. The zero-order valence-corrected chi connectivity index (χ0v) is 55.1. The monoisotopic (exact) mass is 1310 g/mol. The molecule has 22 rings (SSSR count). The van der Waals surface area contributed by atoms with E-state index in [2.05, 4.69) is 239 Å². The van der Waals surface area contributed by atoms with Crippen LogP contribution in [-0.2, 0) is 0 Å². The molecule has 0 aliphatic rings. The van der Waals surface area contributed by atoms with Gasteiger partial charge in [-0.25, -0.2) is 19.9 Å². The number of hydrogen-bond acceptors (Lipinski definition) is 9. The van der Waals surface area contributed by atoms with Crippen LogP contribution >= 0.6 is 0 Å². The fourth-order valence-corrected chi connectivity index (χ4v) is 13.7. The third kappa shape index (κ3) is 11.8. The van der Waals surface area contributed by atoms with Crippen LogP contribution in [0.4, 0.5) is 0 Å². The molecule has 0 spiro atoms. The van der Waals surface area contributed by atoms with Gasteiger partial charge in [-0.3, -0.25) is 24.1 Å². The maximum absolute atomic E-state index is 5.54. The fourth-order valence-electron chi connectivity index (χ4n) is 13.7. The third-order valence-corrected chi connectivity index (χ3v) is 18.3. The first-order valence-electron chi connectivity index (χ1n) is 33.7. The van der Waals surface area contributed by atoms with Gasteiger partial charge in [-0.15, -0.1) is 0 Å². The summed E-state index contributed by atoms with van der Waals surface area (Å²) in [5, 5.41) is 18.0. The smallest absolute Gasteiger partial charge is 0.227 e. The molecule has 0 atom stereocenters. The van der Waals surface area contributed by atoms with Gasteiger partial charge in [0, 0.05) is 84.8 Å². The molecule has 102 heavy (non-hydrogen) atoms. The molecule has 0 saturated heterocycles. The average molecular weight is 1310 g/mol. The van der Waals surface area contributed by atoms with E-state index in [0.29, 0.717) is 5.71 Å². The molecule has 0 amide bonds. The molecule has 0 fully saturated rings. The summed E-state index contributed by atoms with van der Waals surface area (Å²) in [6, 6.07) is 114. The van der Waals surface area contributed by atoms with Crippen LogP contribution in [0.5, 0.6) is 0 Å². The van der Waals surface area contributed by atoms with Crippen molar-refractivity contribution in [2.75, 3.05) is 0 Å². The summed E-state index contributed by atoms with van der Waals surface area (Å²) in [5.41, 5.74) is 14.2. The predicted molar refractivity (Wildman–Crippen MR) is 419 cm³/mol. The Morgan fingerprint density at radius 1 is 0.255 bits per heavy atom. The van der Waals surface area contributed by atoms with Gasteiger partial charge in [0.25, 0.3) is 0 Å². The summed E-state index contributed by atoms with van der Waals surface area (Å²) in [7, 11) is 0. The van der Waals surface area contributed by atoms with Crippen LogP contribution in [0.2, 0.25) is 0 Å². The van der Waals surface area contributed by atoms with Gasteiger partial charge in [0.05, 0.1) is 38.6 Å². The molecule has 8 heterocycles. The van der Waals surface area contributed by atoms with Gasteiger partial charge in [-0.2, -0.15) is 0 Å². The maximum Gasteiger partial charge on any atom is 0.227 e. The number of fused-ring (bicyclic) bond motifs is 23. The van der Waals surface area contributed by atoms with E-state index >= 15 is 0 Å². The maximum atomic E-state index is 5.54. The fraction of sp³-hybridized carbons (Fsp3) is 0. The number of hydrogen-bond donors (Lipinski definition) is 0. The lowest BCUT2D eigenvalue weighted by molar-refractivity contribution is 0.605. The molecule has 0 N–H and O–H groups in total. The second-order valence-corrected chi connectivity index (χ2v) is 24.3. The highest BCUT2D eigenvalue weighted by atomic mass is 16.3. The summed E-state index contributed by atoms with van der Waals surface area (Å²) in [5.74, 6) is 0.975. The van der Waals surface area contributed by atoms with E-state index in [1.54, 1.807) is 6.20 Å². The molecule has 0 aliphatic carbocycles. The second-order valence-electron chi connectivity index (χ2n) is 24.3. The Morgan fingerprint density at radius 2 is 0.647 bits per heavy atom. The van der Waals surface area contributed by atoms with Crippen LogP contribution in [0.15, 0.2) is 380 Å². The van der Waals surface area contributed by atoms with E-state index in [1.165, 1.54) is 65.6 Å². The molecule has 0 radical (unpaired) electrons. The summed E-state index contributed by atoms with van der Waals surface area (Å²) in [6.45, 7) is 0. The number of pyridine rings is 4. The van der Waals surface area contributed by atoms with E-state index in [-0.39, 0.29) is 0 Å². The number of benzene rings is 14. The standard InChI is InChI=1S/C19H14N2.C17H11N.C16H10N2.C15H9NO.C13H10N2.C11H7NO/c1-3-9-15(10-4-1)19-20-17-13-7-8-14-18(17)21(19)16-11-5-2-6-12-16;1-2-7-14-12(6-1)13-8-3-4-9-15(13)17-16(14)10-5-11-18-17;1-2-6-12-11(5-1)13-7-3-9-17-15(13)16-14(12)8-4-10-18-16;1-3-7-12-10(5-1)11-6-2-4-8-13(11)15-14(12)16-9-17-15;1-2-6-11(7-3-1)15-10-14-12-8-4-5-9-13(12)15;1-2-6-10-8(4-1)9-5-3-7-12-11(9)13-10/h1-14H;1-11H;1-10H;1-9H;1-10H;1-7H. The van der Waals surface area contributed by atoms with Crippen molar-refractivity contribution in [2.24, 2.45) is 0 Å². The average Bonchev–Trinajstić information content (AvgIpc) is 0.994. The van der Waals surface area contributed by atoms with Gasteiger partial charge in [0.15, 0.2) is 12.0 Å². The van der Waals surface area contributed by atoms with Gasteiger partial charge in [-0.05, 0) is 123 Å². The highest BCUT2D eigenvalue weighted by Crippen LogP contribution is 2.37. The van der Waals surface area contributed by atoms with Crippen LogP contribution in [-0.4, -0.2) is 44.0 Å².